The van der Waals surface area contributed by atoms with Gasteiger partial charge in [-0.05, 0) is 50.7 Å². The van der Waals surface area contributed by atoms with E-state index in [9.17, 15) is 9.59 Å². The van der Waals surface area contributed by atoms with Crippen LogP contribution in [0.5, 0.6) is 0 Å². The van der Waals surface area contributed by atoms with Crippen molar-refractivity contribution in [2.24, 2.45) is 5.92 Å². The van der Waals surface area contributed by atoms with Gasteiger partial charge in [0.25, 0.3) is 5.91 Å². The maximum atomic E-state index is 12.7. The summed E-state index contributed by atoms with van der Waals surface area (Å²) in [6, 6.07) is 3.47. The monoisotopic (exact) mass is 359 g/mol. The number of amides is 2. The Balaban J connectivity index is 1.43. The number of carbonyl (C=O) groups excluding carboxylic acids is 2. The van der Waals surface area contributed by atoms with E-state index >= 15 is 0 Å². The molecule has 6 heteroatoms. The normalized spacial score (nSPS) is 21.4. The lowest BCUT2D eigenvalue weighted by molar-refractivity contribution is -0.136. The molecule has 0 aliphatic carbocycles. The fraction of sp³-hybridized carbons (Fsp3) is 0.650. The van der Waals surface area contributed by atoms with Crippen LogP contribution in [-0.4, -0.2) is 66.0 Å². The number of ether oxygens (including phenoxy) is 1. The predicted octanol–water partition coefficient (Wildman–Crippen LogP) is 2.35. The molecular formula is C20H29N3O3. The smallest absolute Gasteiger partial charge is 0.253 e. The molecule has 0 spiro atoms. The number of pyridine rings is 1. The Morgan fingerprint density at radius 3 is 2.58 bits per heavy atom. The molecule has 2 saturated heterocycles. The maximum absolute atomic E-state index is 12.7. The molecule has 6 nitrogen and oxygen atoms in total. The van der Waals surface area contributed by atoms with E-state index in [2.05, 4.69) is 4.98 Å². The van der Waals surface area contributed by atoms with Crippen LogP contribution in [0, 0.1) is 5.92 Å². The minimum Gasteiger partial charge on any atom is -0.378 e. The zero-order valence-corrected chi connectivity index (χ0v) is 15.6. The number of hydrogen-bond acceptors (Lipinski definition) is 4. The van der Waals surface area contributed by atoms with Crippen molar-refractivity contribution in [2.75, 3.05) is 33.3 Å². The SMILES string of the molecule is CN(CC[C@@H]1CCCCO1)C(=O)C1CCN(C(=O)c2ccncc2)CC1. The topological polar surface area (TPSA) is 62.7 Å². The maximum Gasteiger partial charge on any atom is 0.253 e. The summed E-state index contributed by atoms with van der Waals surface area (Å²) in [6.45, 7) is 2.88. The fourth-order valence-electron chi connectivity index (χ4n) is 3.80. The molecule has 0 unspecified atom stereocenters. The van der Waals surface area contributed by atoms with Crippen molar-refractivity contribution in [3.63, 3.8) is 0 Å². The molecule has 142 valence electrons. The van der Waals surface area contributed by atoms with Gasteiger partial charge in [-0.1, -0.05) is 0 Å². The van der Waals surface area contributed by atoms with Crippen molar-refractivity contribution in [1.29, 1.82) is 0 Å². The number of hydrogen-bond donors (Lipinski definition) is 0. The number of nitrogens with zero attached hydrogens (tertiary/aromatic N) is 3. The molecule has 0 N–H and O–H groups in total. The second kappa shape index (κ2) is 9.12. The quantitative estimate of drug-likeness (QED) is 0.810. The van der Waals surface area contributed by atoms with E-state index in [1.807, 2.05) is 16.8 Å². The summed E-state index contributed by atoms with van der Waals surface area (Å²) in [7, 11) is 1.89. The van der Waals surface area contributed by atoms with E-state index in [-0.39, 0.29) is 17.7 Å². The Hall–Kier alpha value is -1.95. The van der Waals surface area contributed by atoms with Crippen LogP contribution in [0.15, 0.2) is 24.5 Å². The van der Waals surface area contributed by atoms with Crippen LogP contribution in [-0.2, 0) is 9.53 Å². The third-order valence-electron chi connectivity index (χ3n) is 5.50. The van der Waals surface area contributed by atoms with Gasteiger partial charge in [0.2, 0.25) is 5.91 Å². The molecule has 2 aliphatic heterocycles. The first-order chi connectivity index (χ1) is 12.6. The van der Waals surface area contributed by atoms with E-state index in [0.29, 0.717) is 24.8 Å². The molecule has 1 aromatic heterocycles. The van der Waals surface area contributed by atoms with Gasteiger partial charge in [-0.2, -0.15) is 0 Å². The lowest BCUT2D eigenvalue weighted by Crippen LogP contribution is -2.44. The zero-order valence-electron chi connectivity index (χ0n) is 15.6. The first kappa shape index (κ1) is 18.8. The van der Waals surface area contributed by atoms with Gasteiger partial charge < -0.3 is 14.5 Å². The molecule has 0 radical (unpaired) electrons. The van der Waals surface area contributed by atoms with Crippen LogP contribution in [0.25, 0.3) is 0 Å². The van der Waals surface area contributed by atoms with Crippen molar-refractivity contribution < 1.29 is 14.3 Å². The van der Waals surface area contributed by atoms with Crippen LogP contribution in [0.2, 0.25) is 0 Å². The number of piperidine rings is 1. The zero-order chi connectivity index (χ0) is 18.4. The van der Waals surface area contributed by atoms with Crippen LogP contribution < -0.4 is 0 Å². The predicted molar refractivity (Wildman–Crippen MR) is 98.7 cm³/mol. The van der Waals surface area contributed by atoms with Crippen LogP contribution in [0.1, 0.15) is 48.9 Å². The van der Waals surface area contributed by atoms with Crippen molar-refractivity contribution in [1.82, 2.24) is 14.8 Å². The number of aromatic nitrogens is 1. The molecule has 3 heterocycles. The standard InChI is InChI=1S/C20H29N3O3/c1-22(12-9-18-4-2-3-15-26-18)19(24)17-7-13-23(14-8-17)20(25)16-5-10-21-11-6-16/h5-6,10-11,17-18H,2-4,7-9,12-15H2,1H3/t18-/m0/s1. The fourth-order valence-corrected chi connectivity index (χ4v) is 3.80. The van der Waals surface area contributed by atoms with E-state index in [0.717, 1.165) is 45.3 Å². The van der Waals surface area contributed by atoms with Crippen molar-refractivity contribution in [3.8, 4) is 0 Å². The van der Waals surface area contributed by atoms with E-state index < -0.39 is 0 Å². The highest BCUT2D eigenvalue weighted by Crippen LogP contribution is 2.22. The van der Waals surface area contributed by atoms with E-state index in [1.165, 1.54) is 6.42 Å². The minimum absolute atomic E-state index is 0.0220. The van der Waals surface area contributed by atoms with E-state index in [1.54, 1.807) is 24.5 Å². The first-order valence-electron chi connectivity index (χ1n) is 9.71. The molecule has 2 aliphatic rings. The van der Waals surface area contributed by atoms with Gasteiger partial charge >= 0.3 is 0 Å². The summed E-state index contributed by atoms with van der Waals surface area (Å²) in [5, 5.41) is 0. The third-order valence-corrected chi connectivity index (χ3v) is 5.50. The second-order valence-electron chi connectivity index (χ2n) is 7.34. The minimum atomic E-state index is 0.0220. The van der Waals surface area contributed by atoms with Gasteiger partial charge in [0.05, 0.1) is 6.10 Å². The molecule has 0 bridgehead atoms. The van der Waals surface area contributed by atoms with Gasteiger partial charge in [-0.15, -0.1) is 0 Å². The molecule has 26 heavy (non-hydrogen) atoms. The summed E-state index contributed by atoms with van der Waals surface area (Å²) in [5.41, 5.74) is 0.661. The first-order valence-corrected chi connectivity index (χ1v) is 9.71. The lowest BCUT2D eigenvalue weighted by Gasteiger charge is -2.33. The molecule has 1 aromatic rings. The van der Waals surface area contributed by atoms with Gasteiger partial charge in [-0.3, -0.25) is 14.6 Å². The second-order valence-corrected chi connectivity index (χ2v) is 7.34. The summed E-state index contributed by atoms with van der Waals surface area (Å²) >= 11 is 0. The Bertz CT molecular complexity index is 594. The summed E-state index contributed by atoms with van der Waals surface area (Å²) in [5.74, 6) is 0.256. The molecule has 0 aromatic carbocycles. The third kappa shape index (κ3) is 4.81. The van der Waals surface area contributed by atoms with Gasteiger partial charge in [-0.25, -0.2) is 0 Å². The molecule has 2 amide bonds. The van der Waals surface area contributed by atoms with Gasteiger partial charge in [0.15, 0.2) is 0 Å². The molecular weight excluding hydrogens is 330 g/mol. The van der Waals surface area contributed by atoms with E-state index in [4.69, 9.17) is 4.74 Å². The molecule has 2 fully saturated rings. The van der Waals surface area contributed by atoms with Crippen molar-refractivity contribution in [3.05, 3.63) is 30.1 Å². The Kier molecular flexibility index (Phi) is 6.61. The van der Waals surface area contributed by atoms with Crippen LogP contribution in [0.3, 0.4) is 0 Å². The Morgan fingerprint density at radius 2 is 1.92 bits per heavy atom. The number of likely N-dealkylation sites (tertiary alicyclic amines) is 1. The Morgan fingerprint density at radius 1 is 1.19 bits per heavy atom. The number of rotatable bonds is 5. The summed E-state index contributed by atoms with van der Waals surface area (Å²) in [4.78, 5) is 32.8. The molecule has 0 saturated carbocycles. The highest BCUT2D eigenvalue weighted by Gasteiger charge is 2.29. The van der Waals surface area contributed by atoms with Crippen molar-refractivity contribution in [2.45, 2.75) is 44.6 Å². The Labute approximate surface area is 155 Å². The summed E-state index contributed by atoms with van der Waals surface area (Å²) in [6.07, 6.45) is 9.45. The average Bonchev–Trinajstić information content (AvgIpc) is 2.72. The van der Waals surface area contributed by atoms with Gasteiger partial charge in [0, 0.05) is 57.2 Å². The van der Waals surface area contributed by atoms with Crippen LogP contribution >= 0.6 is 0 Å². The number of carbonyl (C=O) groups is 2. The molecule has 3 rings (SSSR count). The highest BCUT2D eigenvalue weighted by molar-refractivity contribution is 5.94. The van der Waals surface area contributed by atoms with Gasteiger partial charge in [0.1, 0.15) is 0 Å². The highest BCUT2D eigenvalue weighted by atomic mass is 16.5. The summed E-state index contributed by atoms with van der Waals surface area (Å²) < 4.78 is 5.75. The largest absolute Gasteiger partial charge is 0.378 e. The average molecular weight is 359 g/mol. The molecule has 1 atom stereocenters. The lowest BCUT2D eigenvalue weighted by atomic mass is 9.94. The van der Waals surface area contributed by atoms with Crippen molar-refractivity contribution >= 4 is 11.8 Å². The van der Waals surface area contributed by atoms with Crippen LogP contribution in [0.4, 0.5) is 0 Å².